The molecule has 0 spiro atoms. The number of rotatable bonds is 15. The van der Waals surface area contributed by atoms with E-state index in [-0.39, 0.29) is 24.9 Å². The first-order valence-corrected chi connectivity index (χ1v) is 10.8. The van der Waals surface area contributed by atoms with Crippen molar-refractivity contribution >= 4 is 17.9 Å². The maximum Gasteiger partial charge on any atom is 0.508 e. The molecule has 0 heterocycles. The summed E-state index contributed by atoms with van der Waals surface area (Å²) in [5, 5.41) is 0. The van der Waals surface area contributed by atoms with Crippen molar-refractivity contribution in [1.82, 2.24) is 0 Å². The Hall–Kier alpha value is -2.61. The average Bonchev–Trinajstić information content (AvgIpc) is 2.78. The minimum absolute atomic E-state index is 0.0289. The highest BCUT2D eigenvalue weighted by molar-refractivity contribution is 5.75. The first-order valence-electron chi connectivity index (χ1n) is 10.8. The summed E-state index contributed by atoms with van der Waals surface area (Å²) in [6.45, 7) is 3.93. The van der Waals surface area contributed by atoms with E-state index in [1.54, 1.807) is 14.0 Å². The Morgan fingerprint density at radius 3 is 2.16 bits per heavy atom. The van der Waals surface area contributed by atoms with Crippen LogP contribution in [-0.4, -0.2) is 51.9 Å². The molecule has 1 aromatic rings. The predicted molar refractivity (Wildman–Crippen MR) is 118 cm³/mol. The molecule has 0 saturated carbocycles. The Balaban J connectivity index is 2.71. The molecule has 0 fully saturated rings. The highest BCUT2D eigenvalue weighted by Crippen LogP contribution is 2.21. The quantitative estimate of drug-likeness (QED) is 0.287. The van der Waals surface area contributed by atoms with Crippen LogP contribution in [0, 0.1) is 11.8 Å². The second kappa shape index (κ2) is 15.2. The van der Waals surface area contributed by atoms with Crippen LogP contribution in [0.1, 0.15) is 51.5 Å². The number of ether oxygens (including phenoxy) is 5. The Morgan fingerprint density at radius 1 is 0.938 bits per heavy atom. The third-order valence-corrected chi connectivity index (χ3v) is 5.16. The van der Waals surface area contributed by atoms with Crippen molar-refractivity contribution in [2.45, 2.75) is 58.7 Å². The predicted octanol–water partition coefficient (Wildman–Crippen LogP) is 4.33. The normalized spacial score (nSPS) is 13.5. The number of ketones is 1. The van der Waals surface area contributed by atoms with Crippen molar-refractivity contribution in [2.24, 2.45) is 11.8 Å². The molecule has 32 heavy (non-hydrogen) atoms. The van der Waals surface area contributed by atoms with Crippen LogP contribution in [0.3, 0.4) is 0 Å². The number of unbranched alkanes of at least 4 members (excludes halogenated alkanes) is 1. The second-order valence-electron chi connectivity index (χ2n) is 7.90. The van der Waals surface area contributed by atoms with E-state index in [0.29, 0.717) is 12.8 Å². The monoisotopic (exact) mass is 452 g/mol. The van der Waals surface area contributed by atoms with Gasteiger partial charge in [0.1, 0.15) is 23.6 Å². The van der Waals surface area contributed by atoms with Gasteiger partial charge in [-0.25, -0.2) is 4.79 Å². The molecule has 0 aromatic heterocycles. The van der Waals surface area contributed by atoms with Crippen molar-refractivity contribution in [3.8, 4) is 5.75 Å². The van der Waals surface area contributed by atoms with Crippen LogP contribution in [0.5, 0.6) is 5.75 Å². The van der Waals surface area contributed by atoms with Crippen LogP contribution in [0.2, 0.25) is 0 Å². The third-order valence-electron chi connectivity index (χ3n) is 5.16. The summed E-state index contributed by atoms with van der Waals surface area (Å²) < 4.78 is 25.8. The van der Waals surface area contributed by atoms with Crippen LogP contribution in [-0.2, 0) is 35.1 Å². The fourth-order valence-electron chi connectivity index (χ4n) is 3.45. The summed E-state index contributed by atoms with van der Waals surface area (Å²) in [5.74, 6) is -0.100. The van der Waals surface area contributed by atoms with Crippen LogP contribution in [0.4, 0.5) is 4.79 Å². The molecule has 0 aliphatic heterocycles. The molecule has 0 radical (unpaired) electrons. The summed E-state index contributed by atoms with van der Waals surface area (Å²) >= 11 is 0. The van der Waals surface area contributed by atoms with E-state index in [9.17, 15) is 14.4 Å². The fraction of sp³-hybridized carbons (Fsp3) is 0.625. The lowest BCUT2D eigenvalue weighted by molar-refractivity contribution is -0.153. The number of methoxy groups -OCH3 is 3. The van der Waals surface area contributed by atoms with Crippen LogP contribution >= 0.6 is 0 Å². The van der Waals surface area contributed by atoms with Crippen molar-refractivity contribution in [2.75, 3.05) is 27.9 Å². The fourth-order valence-corrected chi connectivity index (χ4v) is 3.45. The van der Waals surface area contributed by atoms with Crippen LogP contribution in [0.25, 0.3) is 0 Å². The zero-order chi connectivity index (χ0) is 23.9. The van der Waals surface area contributed by atoms with Gasteiger partial charge in [-0.2, -0.15) is 0 Å². The SMILES string of the molecule is COC(=O)O[C@H](CCCC[C@@H](C)CC(C)=O)[C@@H](COCc1ccc(OC)cc1)C(=O)OC. The van der Waals surface area contributed by atoms with E-state index in [2.05, 4.69) is 4.74 Å². The van der Waals surface area contributed by atoms with Gasteiger partial charge in [-0.05, 0) is 43.4 Å². The van der Waals surface area contributed by atoms with Gasteiger partial charge >= 0.3 is 12.1 Å². The summed E-state index contributed by atoms with van der Waals surface area (Å²) in [7, 11) is 4.10. The lowest BCUT2D eigenvalue weighted by Gasteiger charge is -2.25. The maximum absolute atomic E-state index is 12.4. The lowest BCUT2D eigenvalue weighted by Crippen LogP contribution is -2.36. The van der Waals surface area contributed by atoms with Gasteiger partial charge in [0.15, 0.2) is 0 Å². The third kappa shape index (κ3) is 10.6. The van der Waals surface area contributed by atoms with Crippen LogP contribution < -0.4 is 4.74 Å². The maximum atomic E-state index is 12.4. The molecule has 180 valence electrons. The van der Waals surface area contributed by atoms with Crippen molar-refractivity contribution in [1.29, 1.82) is 0 Å². The molecule has 0 saturated heterocycles. The zero-order valence-corrected chi connectivity index (χ0v) is 19.8. The lowest BCUT2D eigenvalue weighted by atomic mass is 9.94. The number of hydrogen-bond acceptors (Lipinski definition) is 8. The molecule has 1 aromatic carbocycles. The Kier molecular flexibility index (Phi) is 13.1. The number of esters is 1. The molecule has 0 aliphatic carbocycles. The highest BCUT2D eigenvalue weighted by atomic mass is 16.7. The van der Waals surface area contributed by atoms with Gasteiger partial charge in [-0.15, -0.1) is 0 Å². The topological polar surface area (TPSA) is 97.4 Å². The van der Waals surface area contributed by atoms with Crippen molar-refractivity contribution < 1.29 is 38.1 Å². The Labute approximate surface area is 190 Å². The molecule has 0 N–H and O–H groups in total. The number of carbonyl (C=O) groups is 3. The van der Waals surface area contributed by atoms with E-state index >= 15 is 0 Å². The first kappa shape index (κ1) is 27.4. The molecular formula is C24H36O8. The number of Topliss-reactive ketones (excluding diaryl/α,β-unsaturated/α-hetero) is 1. The van der Waals surface area contributed by atoms with E-state index in [0.717, 1.165) is 30.6 Å². The van der Waals surface area contributed by atoms with E-state index in [1.807, 2.05) is 31.2 Å². The first-order chi connectivity index (χ1) is 15.3. The molecule has 0 bridgehead atoms. The van der Waals surface area contributed by atoms with Gasteiger partial charge < -0.3 is 28.5 Å². The standard InChI is InChI=1S/C24H36O8/c1-17(14-18(2)25)8-6-7-9-22(32-24(27)30-5)21(23(26)29-4)16-31-15-19-10-12-20(28-3)13-11-19/h10-13,17,21-22H,6-9,14-16H2,1-5H3/t17-,21-,22-/m1/s1. The largest absolute Gasteiger partial charge is 0.508 e. The van der Waals surface area contributed by atoms with Crippen molar-refractivity contribution in [3.63, 3.8) is 0 Å². The smallest absolute Gasteiger partial charge is 0.497 e. The summed E-state index contributed by atoms with van der Waals surface area (Å²) in [6.07, 6.45) is 1.84. The van der Waals surface area contributed by atoms with E-state index < -0.39 is 24.1 Å². The number of benzene rings is 1. The molecule has 0 amide bonds. The number of carbonyl (C=O) groups excluding carboxylic acids is 3. The van der Waals surface area contributed by atoms with Gasteiger partial charge in [-0.1, -0.05) is 31.9 Å². The van der Waals surface area contributed by atoms with Crippen LogP contribution in [0.15, 0.2) is 24.3 Å². The Bertz CT molecular complexity index is 700. The van der Waals surface area contributed by atoms with Gasteiger partial charge in [0.2, 0.25) is 0 Å². The van der Waals surface area contributed by atoms with Gasteiger partial charge in [0.05, 0.1) is 34.5 Å². The van der Waals surface area contributed by atoms with E-state index in [1.165, 1.54) is 14.2 Å². The second-order valence-corrected chi connectivity index (χ2v) is 7.90. The Morgan fingerprint density at radius 2 is 1.59 bits per heavy atom. The molecule has 8 heteroatoms. The molecule has 8 nitrogen and oxygen atoms in total. The number of hydrogen-bond donors (Lipinski definition) is 0. The van der Waals surface area contributed by atoms with Gasteiger partial charge in [-0.3, -0.25) is 4.79 Å². The molecule has 0 unspecified atom stereocenters. The minimum atomic E-state index is -0.857. The highest BCUT2D eigenvalue weighted by Gasteiger charge is 2.33. The minimum Gasteiger partial charge on any atom is -0.497 e. The molecule has 3 atom stereocenters. The van der Waals surface area contributed by atoms with Gasteiger partial charge in [0.25, 0.3) is 0 Å². The molecule has 1 rings (SSSR count). The zero-order valence-electron chi connectivity index (χ0n) is 19.8. The summed E-state index contributed by atoms with van der Waals surface area (Å²) in [4.78, 5) is 35.4. The average molecular weight is 453 g/mol. The van der Waals surface area contributed by atoms with E-state index in [4.69, 9.17) is 18.9 Å². The summed E-state index contributed by atoms with van der Waals surface area (Å²) in [5.41, 5.74) is 0.916. The molecular weight excluding hydrogens is 416 g/mol. The molecule has 0 aliphatic rings. The summed E-state index contributed by atoms with van der Waals surface area (Å²) in [6, 6.07) is 7.40. The van der Waals surface area contributed by atoms with Crippen molar-refractivity contribution in [3.05, 3.63) is 29.8 Å². The van der Waals surface area contributed by atoms with Gasteiger partial charge in [0, 0.05) is 6.42 Å².